The van der Waals surface area contributed by atoms with Crippen molar-refractivity contribution in [2.45, 2.75) is 13.0 Å². The van der Waals surface area contributed by atoms with Gasteiger partial charge in [-0.15, -0.1) is 0 Å². The monoisotopic (exact) mass is 375 g/mol. The van der Waals surface area contributed by atoms with Crippen LogP contribution in [0.25, 0.3) is 0 Å². The number of carbonyl (C=O) groups is 1. The Morgan fingerprint density at radius 2 is 1.88 bits per heavy atom. The Bertz CT molecular complexity index is 732. The van der Waals surface area contributed by atoms with Gasteiger partial charge in [0.2, 0.25) is 0 Å². The Kier molecular flexibility index (Phi) is 7.70. The first-order valence-electron chi connectivity index (χ1n) is 8.09. The Hall–Kier alpha value is -2.80. The van der Waals surface area contributed by atoms with E-state index < -0.39 is 6.09 Å². The molecule has 0 aliphatic heterocycles. The molecule has 0 radical (unpaired) electrons. The second-order valence-corrected chi connectivity index (χ2v) is 5.79. The summed E-state index contributed by atoms with van der Waals surface area (Å²) >= 11 is 5.78. The minimum atomic E-state index is -0.489. The average molecular weight is 376 g/mol. The number of aromatic nitrogens is 1. The number of ether oxygens (including phenoxy) is 1. The summed E-state index contributed by atoms with van der Waals surface area (Å²) < 4.78 is 4.56. The van der Waals surface area contributed by atoms with Gasteiger partial charge in [-0.3, -0.25) is 10.3 Å². The molecule has 0 spiro atoms. The largest absolute Gasteiger partial charge is 0.453 e. The molecule has 0 saturated heterocycles. The molecule has 0 bridgehead atoms. The van der Waals surface area contributed by atoms with Crippen molar-refractivity contribution in [1.82, 2.24) is 15.6 Å². The Balaban J connectivity index is 1.75. The van der Waals surface area contributed by atoms with Crippen LogP contribution < -0.4 is 16.0 Å². The number of hydrogen-bond donors (Lipinski definition) is 3. The van der Waals surface area contributed by atoms with Crippen molar-refractivity contribution >= 4 is 29.3 Å². The van der Waals surface area contributed by atoms with Gasteiger partial charge in [-0.1, -0.05) is 29.8 Å². The zero-order valence-corrected chi connectivity index (χ0v) is 15.5. The minimum Gasteiger partial charge on any atom is -0.453 e. The molecular weight excluding hydrogens is 354 g/mol. The van der Waals surface area contributed by atoms with Gasteiger partial charge in [-0.2, -0.15) is 0 Å². The zero-order valence-electron chi connectivity index (χ0n) is 14.8. The number of carbonyl (C=O) groups excluding carboxylic acids is 1. The summed E-state index contributed by atoms with van der Waals surface area (Å²) in [5.74, 6) is 0.712. The Morgan fingerprint density at radius 1 is 1.15 bits per heavy atom. The highest BCUT2D eigenvalue weighted by Gasteiger charge is 2.02. The quantitative estimate of drug-likeness (QED) is 0.410. The van der Waals surface area contributed by atoms with Gasteiger partial charge in [-0.05, 0) is 35.7 Å². The summed E-state index contributed by atoms with van der Waals surface area (Å²) in [5, 5.41) is 9.60. The van der Waals surface area contributed by atoms with Crippen LogP contribution in [0.15, 0.2) is 47.6 Å². The maximum Gasteiger partial charge on any atom is 0.411 e. The van der Waals surface area contributed by atoms with E-state index in [-0.39, 0.29) is 0 Å². The van der Waals surface area contributed by atoms with E-state index in [1.165, 1.54) is 7.11 Å². The third-order valence-corrected chi connectivity index (χ3v) is 3.79. The number of nitrogens with zero attached hydrogens (tertiary/aromatic N) is 2. The molecule has 0 fully saturated rings. The first-order chi connectivity index (χ1) is 12.6. The van der Waals surface area contributed by atoms with E-state index in [1.807, 2.05) is 30.3 Å². The number of rotatable bonds is 6. The standard InChI is InChI=1S/C18H22ClN5O2/c1-20-17(21-10-9-14-5-8-16(19)22-11-14)23-12-13-3-6-15(7-4-13)24-18(25)26-2/h3-8,11H,9-10,12H2,1-2H3,(H,24,25)(H2,20,21,23). The minimum absolute atomic E-state index is 0.489. The molecule has 0 saturated carbocycles. The molecule has 1 aromatic carbocycles. The topological polar surface area (TPSA) is 87.6 Å². The van der Waals surface area contributed by atoms with Gasteiger partial charge >= 0.3 is 6.09 Å². The molecular formula is C18H22ClN5O2. The summed E-state index contributed by atoms with van der Waals surface area (Å²) in [7, 11) is 3.05. The number of methoxy groups -OCH3 is 1. The van der Waals surface area contributed by atoms with Crippen LogP contribution in [0.4, 0.5) is 10.5 Å². The summed E-state index contributed by atoms with van der Waals surface area (Å²) in [6.07, 6.45) is 2.10. The lowest BCUT2D eigenvalue weighted by Gasteiger charge is -2.12. The van der Waals surface area contributed by atoms with E-state index in [2.05, 4.69) is 30.7 Å². The van der Waals surface area contributed by atoms with Crippen molar-refractivity contribution in [3.8, 4) is 0 Å². The molecule has 0 unspecified atom stereocenters. The number of pyridine rings is 1. The van der Waals surface area contributed by atoms with Crippen molar-refractivity contribution in [3.63, 3.8) is 0 Å². The van der Waals surface area contributed by atoms with Gasteiger partial charge in [0.15, 0.2) is 5.96 Å². The smallest absolute Gasteiger partial charge is 0.411 e. The SMILES string of the molecule is CN=C(NCCc1ccc(Cl)nc1)NCc1ccc(NC(=O)OC)cc1. The highest BCUT2D eigenvalue weighted by atomic mass is 35.5. The molecule has 1 heterocycles. The van der Waals surface area contributed by atoms with E-state index >= 15 is 0 Å². The number of hydrogen-bond acceptors (Lipinski definition) is 4. The lowest BCUT2D eigenvalue weighted by Crippen LogP contribution is -2.37. The molecule has 26 heavy (non-hydrogen) atoms. The molecule has 138 valence electrons. The fraction of sp³-hybridized carbons (Fsp3) is 0.278. The number of benzene rings is 1. The first kappa shape index (κ1) is 19.5. The van der Waals surface area contributed by atoms with Gasteiger partial charge in [0.25, 0.3) is 0 Å². The number of aliphatic imine (C=N–C) groups is 1. The number of anilines is 1. The molecule has 2 aromatic rings. The molecule has 1 amide bonds. The molecule has 0 aliphatic carbocycles. The zero-order chi connectivity index (χ0) is 18.8. The van der Waals surface area contributed by atoms with Crippen LogP contribution in [0, 0.1) is 0 Å². The number of amides is 1. The summed E-state index contributed by atoms with van der Waals surface area (Å²) in [5.41, 5.74) is 2.84. The first-order valence-corrected chi connectivity index (χ1v) is 8.47. The van der Waals surface area contributed by atoms with E-state index in [0.717, 1.165) is 24.1 Å². The van der Waals surface area contributed by atoms with Crippen LogP contribution in [0.2, 0.25) is 5.15 Å². The normalized spacial score (nSPS) is 11.0. The number of nitrogens with one attached hydrogen (secondary N) is 3. The molecule has 1 aromatic heterocycles. The molecule has 7 nitrogen and oxygen atoms in total. The predicted molar refractivity (Wildman–Crippen MR) is 104 cm³/mol. The average Bonchev–Trinajstić information content (AvgIpc) is 2.67. The second-order valence-electron chi connectivity index (χ2n) is 5.41. The van der Waals surface area contributed by atoms with Gasteiger partial charge in [0.1, 0.15) is 5.15 Å². The molecule has 2 rings (SSSR count). The van der Waals surface area contributed by atoms with Crippen LogP contribution in [-0.4, -0.2) is 37.7 Å². The van der Waals surface area contributed by atoms with Crippen molar-refractivity contribution in [2.75, 3.05) is 26.0 Å². The van der Waals surface area contributed by atoms with Gasteiger partial charge in [0.05, 0.1) is 7.11 Å². The van der Waals surface area contributed by atoms with Gasteiger partial charge in [-0.25, -0.2) is 9.78 Å². The van der Waals surface area contributed by atoms with Crippen LogP contribution in [0.5, 0.6) is 0 Å². The fourth-order valence-electron chi connectivity index (χ4n) is 2.16. The Morgan fingerprint density at radius 3 is 2.50 bits per heavy atom. The maximum absolute atomic E-state index is 11.2. The summed E-state index contributed by atoms with van der Waals surface area (Å²) in [4.78, 5) is 19.4. The van der Waals surface area contributed by atoms with Crippen LogP contribution in [-0.2, 0) is 17.7 Å². The maximum atomic E-state index is 11.2. The summed E-state index contributed by atoms with van der Waals surface area (Å²) in [6.45, 7) is 1.34. The fourth-order valence-corrected chi connectivity index (χ4v) is 2.27. The second kappa shape index (κ2) is 10.2. The third-order valence-electron chi connectivity index (χ3n) is 3.56. The number of halogens is 1. The van der Waals surface area contributed by atoms with E-state index in [9.17, 15) is 4.79 Å². The molecule has 0 atom stereocenters. The highest BCUT2D eigenvalue weighted by molar-refractivity contribution is 6.29. The molecule has 3 N–H and O–H groups in total. The predicted octanol–water partition coefficient (Wildman–Crippen LogP) is 2.82. The van der Waals surface area contributed by atoms with E-state index in [0.29, 0.717) is 23.3 Å². The lowest BCUT2D eigenvalue weighted by atomic mass is 10.2. The molecule has 8 heteroatoms. The van der Waals surface area contributed by atoms with Crippen molar-refractivity contribution < 1.29 is 9.53 Å². The van der Waals surface area contributed by atoms with Crippen molar-refractivity contribution in [2.24, 2.45) is 4.99 Å². The lowest BCUT2D eigenvalue weighted by molar-refractivity contribution is 0.187. The Labute approximate surface area is 157 Å². The van der Waals surface area contributed by atoms with Crippen molar-refractivity contribution in [1.29, 1.82) is 0 Å². The van der Waals surface area contributed by atoms with E-state index in [4.69, 9.17) is 11.6 Å². The third kappa shape index (κ3) is 6.60. The van der Waals surface area contributed by atoms with Gasteiger partial charge in [0, 0.05) is 32.0 Å². The van der Waals surface area contributed by atoms with Gasteiger partial charge < -0.3 is 15.4 Å². The van der Waals surface area contributed by atoms with Crippen LogP contribution in [0.1, 0.15) is 11.1 Å². The van der Waals surface area contributed by atoms with Crippen LogP contribution in [0.3, 0.4) is 0 Å². The van der Waals surface area contributed by atoms with Crippen molar-refractivity contribution in [3.05, 3.63) is 58.9 Å². The molecule has 0 aliphatic rings. The van der Waals surface area contributed by atoms with Crippen LogP contribution >= 0.6 is 11.6 Å². The highest BCUT2D eigenvalue weighted by Crippen LogP contribution is 2.09. The van der Waals surface area contributed by atoms with E-state index in [1.54, 1.807) is 19.3 Å². The number of guanidine groups is 1. The summed E-state index contributed by atoms with van der Waals surface area (Å²) in [6, 6.07) is 11.2.